The van der Waals surface area contributed by atoms with E-state index in [1.54, 1.807) is 25.1 Å². The topological polar surface area (TPSA) is 64.4 Å². The van der Waals surface area contributed by atoms with Gasteiger partial charge >= 0.3 is 0 Å². The summed E-state index contributed by atoms with van der Waals surface area (Å²) in [5.41, 5.74) is 2.03. The van der Waals surface area contributed by atoms with Gasteiger partial charge in [-0.3, -0.25) is 4.79 Å². The third-order valence-corrected chi connectivity index (χ3v) is 3.18. The second-order valence-electron chi connectivity index (χ2n) is 4.46. The molecule has 0 aliphatic rings. The van der Waals surface area contributed by atoms with Crippen molar-refractivity contribution in [2.75, 3.05) is 12.4 Å². The first-order chi connectivity index (χ1) is 9.49. The molecule has 0 radical (unpaired) electrons. The molecule has 1 heterocycles. The Kier molecular flexibility index (Phi) is 4.29. The number of methoxy groups -OCH3 is 1. The van der Waals surface area contributed by atoms with E-state index in [9.17, 15) is 4.79 Å². The standard InChI is InChI=1S/C14H15ClN2O3/c1-8-4-12(13(19-3)7-11(8)15)16-14(18)6-10-5-9(2)20-17-10/h4-5,7H,6H2,1-3H3,(H,16,18). The van der Waals surface area contributed by atoms with Crippen LogP contribution < -0.4 is 10.1 Å². The summed E-state index contributed by atoms with van der Waals surface area (Å²) in [6, 6.07) is 5.17. The lowest BCUT2D eigenvalue weighted by Gasteiger charge is -2.11. The number of anilines is 1. The van der Waals surface area contributed by atoms with Gasteiger partial charge in [0.1, 0.15) is 11.5 Å². The fraction of sp³-hybridized carbons (Fsp3) is 0.286. The third-order valence-electron chi connectivity index (χ3n) is 2.77. The number of nitrogens with zero attached hydrogens (tertiary/aromatic N) is 1. The van der Waals surface area contributed by atoms with Gasteiger partial charge in [0.2, 0.25) is 5.91 Å². The third kappa shape index (κ3) is 3.30. The van der Waals surface area contributed by atoms with E-state index in [4.69, 9.17) is 20.9 Å². The molecule has 106 valence electrons. The molecule has 0 aliphatic carbocycles. The van der Waals surface area contributed by atoms with Crippen molar-refractivity contribution in [3.63, 3.8) is 0 Å². The summed E-state index contributed by atoms with van der Waals surface area (Å²) in [6.45, 7) is 3.64. The molecule has 1 amide bonds. The van der Waals surface area contributed by atoms with E-state index in [1.165, 1.54) is 7.11 Å². The number of benzene rings is 1. The number of aryl methyl sites for hydroxylation is 2. The molecule has 6 heteroatoms. The quantitative estimate of drug-likeness (QED) is 0.941. The van der Waals surface area contributed by atoms with Crippen LogP contribution in [-0.2, 0) is 11.2 Å². The SMILES string of the molecule is COc1cc(Cl)c(C)cc1NC(=O)Cc1cc(C)on1. The number of ether oxygens (including phenoxy) is 1. The first-order valence-electron chi connectivity index (χ1n) is 6.05. The number of hydrogen-bond acceptors (Lipinski definition) is 4. The van der Waals surface area contributed by atoms with Crippen molar-refractivity contribution in [1.82, 2.24) is 5.16 Å². The normalized spacial score (nSPS) is 10.4. The summed E-state index contributed by atoms with van der Waals surface area (Å²) >= 11 is 6.02. The minimum absolute atomic E-state index is 0.141. The predicted octanol–water partition coefficient (Wildman–Crippen LogP) is 3.13. The Labute approximate surface area is 121 Å². The number of carbonyl (C=O) groups is 1. The van der Waals surface area contributed by atoms with Gasteiger partial charge in [-0.1, -0.05) is 16.8 Å². The molecule has 20 heavy (non-hydrogen) atoms. The van der Waals surface area contributed by atoms with E-state index in [2.05, 4.69) is 10.5 Å². The van der Waals surface area contributed by atoms with Crippen LogP contribution in [0.15, 0.2) is 22.7 Å². The number of nitrogens with one attached hydrogen (secondary N) is 1. The van der Waals surface area contributed by atoms with Crippen molar-refractivity contribution >= 4 is 23.2 Å². The van der Waals surface area contributed by atoms with Gasteiger partial charge < -0.3 is 14.6 Å². The molecule has 0 bridgehead atoms. The van der Waals surface area contributed by atoms with Crippen molar-refractivity contribution in [3.05, 3.63) is 40.2 Å². The molecule has 0 fully saturated rings. The molecule has 0 saturated heterocycles. The van der Waals surface area contributed by atoms with E-state index < -0.39 is 0 Å². The second kappa shape index (κ2) is 5.96. The fourth-order valence-electron chi connectivity index (χ4n) is 1.79. The Morgan fingerprint density at radius 2 is 2.15 bits per heavy atom. The highest BCUT2D eigenvalue weighted by atomic mass is 35.5. The zero-order chi connectivity index (χ0) is 14.7. The molecule has 2 rings (SSSR count). The number of aromatic nitrogens is 1. The van der Waals surface area contributed by atoms with E-state index in [0.717, 1.165) is 5.56 Å². The molecule has 0 saturated carbocycles. The highest BCUT2D eigenvalue weighted by molar-refractivity contribution is 6.31. The highest BCUT2D eigenvalue weighted by Gasteiger charge is 2.12. The van der Waals surface area contributed by atoms with Crippen LogP contribution in [0.1, 0.15) is 17.0 Å². The number of halogens is 1. The van der Waals surface area contributed by atoms with Gasteiger partial charge in [0.25, 0.3) is 0 Å². The Balaban J connectivity index is 2.13. The smallest absolute Gasteiger partial charge is 0.230 e. The molecule has 1 N–H and O–H groups in total. The summed E-state index contributed by atoms with van der Waals surface area (Å²) in [4.78, 5) is 12.0. The Bertz CT molecular complexity index is 637. The van der Waals surface area contributed by atoms with Crippen LogP contribution in [0.5, 0.6) is 5.75 Å². The van der Waals surface area contributed by atoms with Gasteiger partial charge in [0.15, 0.2) is 0 Å². The lowest BCUT2D eigenvalue weighted by molar-refractivity contribution is -0.115. The van der Waals surface area contributed by atoms with E-state index in [0.29, 0.717) is 27.9 Å². The van der Waals surface area contributed by atoms with Crippen LogP contribution in [-0.4, -0.2) is 18.2 Å². The number of hydrogen-bond donors (Lipinski definition) is 1. The van der Waals surface area contributed by atoms with Gasteiger partial charge in [0.05, 0.1) is 24.9 Å². The molecule has 0 aliphatic heterocycles. The number of rotatable bonds is 4. The zero-order valence-corrected chi connectivity index (χ0v) is 12.2. The van der Waals surface area contributed by atoms with Crippen LogP contribution >= 0.6 is 11.6 Å². The maximum absolute atomic E-state index is 12.0. The molecule has 5 nitrogen and oxygen atoms in total. The first kappa shape index (κ1) is 14.4. The Morgan fingerprint density at radius 1 is 1.40 bits per heavy atom. The highest BCUT2D eigenvalue weighted by Crippen LogP contribution is 2.30. The van der Waals surface area contributed by atoms with Crippen LogP contribution in [0.4, 0.5) is 5.69 Å². The Morgan fingerprint density at radius 3 is 2.75 bits per heavy atom. The number of carbonyl (C=O) groups excluding carboxylic acids is 1. The van der Waals surface area contributed by atoms with Crippen molar-refractivity contribution in [3.8, 4) is 5.75 Å². The minimum Gasteiger partial charge on any atom is -0.495 e. The zero-order valence-electron chi connectivity index (χ0n) is 11.5. The summed E-state index contributed by atoms with van der Waals surface area (Å²) in [5, 5.41) is 7.16. The van der Waals surface area contributed by atoms with Gasteiger partial charge in [-0.2, -0.15) is 0 Å². The average Bonchev–Trinajstić information content (AvgIpc) is 2.78. The summed E-state index contributed by atoms with van der Waals surface area (Å²) < 4.78 is 10.1. The summed E-state index contributed by atoms with van der Waals surface area (Å²) in [7, 11) is 1.53. The number of amides is 1. The molecular weight excluding hydrogens is 280 g/mol. The van der Waals surface area contributed by atoms with Crippen LogP contribution in [0.25, 0.3) is 0 Å². The molecule has 2 aromatic rings. The van der Waals surface area contributed by atoms with Gasteiger partial charge in [-0.15, -0.1) is 0 Å². The average molecular weight is 295 g/mol. The molecule has 1 aromatic heterocycles. The lowest BCUT2D eigenvalue weighted by Crippen LogP contribution is -2.15. The van der Waals surface area contributed by atoms with Gasteiger partial charge in [-0.25, -0.2) is 0 Å². The van der Waals surface area contributed by atoms with E-state index in [1.807, 2.05) is 6.92 Å². The maximum Gasteiger partial charge on any atom is 0.230 e. The van der Waals surface area contributed by atoms with Crippen molar-refractivity contribution in [2.24, 2.45) is 0 Å². The first-order valence-corrected chi connectivity index (χ1v) is 6.43. The Hall–Kier alpha value is -2.01. The van der Waals surface area contributed by atoms with Crippen molar-refractivity contribution in [1.29, 1.82) is 0 Å². The van der Waals surface area contributed by atoms with Crippen LogP contribution in [0.2, 0.25) is 5.02 Å². The van der Waals surface area contributed by atoms with Crippen molar-refractivity contribution < 1.29 is 14.1 Å². The summed E-state index contributed by atoms with van der Waals surface area (Å²) in [6.07, 6.45) is 0.141. The monoisotopic (exact) mass is 294 g/mol. The fourth-order valence-corrected chi connectivity index (χ4v) is 1.94. The molecule has 0 spiro atoms. The predicted molar refractivity (Wildman–Crippen MR) is 76.3 cm³/mol. The van der Waals surface area contributed by atoms with Crippen molar-refractivity contribution in [2.45, 2.75) is 20.3 Å². The van der Waals surface area contributed by atoms with E-state index in [-0.39, 0.29) is 12.3 Å². The van der Waals surface area contributed by atoms with Crippen LogP contribution in [0, 0.1) is 13.8 Å². The molecule has 0 unspecified atom stereocenters. The molecule has 1 aromatic carbocycles. The maximum atomic E-state index is 12.0. The lowest BCUT2D eigenvalue weighted by atomic mass is 10.2. The summed E-state index contributed by atoms with van der Waals surface area (Å²) in [5.74, 6) is 0.997. The van der Waals surface area contributed by atoms with Gasteiger partial charge in [0, 0.05) is 17.2 Å². The van der Waals surface area contributed by atoms with E-state index >= 15 is 0 Å². The second-order valence-corrected chi connectivity index (χ2v) is 4.86. The largest absolute Gasteiger partial charge is 0.495 e. The molecule has 0 atom stereocenters. The van der Waals surface area contributed by atoms with Gasteiger partial charge in [-0.05, 0) is 25.5 Å². The molecular formula is C14H15ClN2O3. The minimum atomic E-state index is -0.196. The van der Waals surface area contributed by atoms with Crippen LogP contribution in [0.3, 0.4) is 0 Å².